The van der Waals surface area contributed by atoms with Crippen molar-refractivity contribution < 1.29 is 27.1 Å². The Balaban J connectivity index is 1.80. The van der Waals surface area contributed by atoms with E-state index in [0.717, 1.165) is 31.0 Å². The summed E-state index contributed by atoms with van der Waals surface area (Å²) in [5.41, 5.74) is -0.238. The number of nitrogens with zero attached hydrogens (tertiary/aromatic N) is 1. The number of amides is 1. The molecule has 3 rings (SSSR count). The average molecular weight is 386 g/mol. The summed E-state index contributed by atoms with van der Waals surface area (Å²) in [4.78, 5) is 14.2. The predicted molar refractivity (Wildman–Crippen MR) is 91.6 cm³/mol. The minimum Gasteiger partial charge on any atom is -0.350 e. The zero-order valence-electron chi connectivity index (χ0n) is 14.6. The van der Waals surface area contributed by atoms with Crippen LogP contribution in [0.3, 0.4) is 0 Å². The SMILES string of the molecule is CCNS(=O)(=O)c1ccc(F)c(C(=O)N2CCCC(C3OCCO3)C2)c1. The highest BCUT2D eigenvalue weighted by atomic mass is 32.2. The fourth-order valence-corrected chi connectivity index (χ4v) is 4.41. The molecular weight excluding hydrogens is 363 g/mol. The second kappa shape index (κ2) is 7.99. The average Bonchev–Trinajstić information content (AvgIpc) is 3.16. The van der Waals surface area contributed by atoms with Gasteiger partial charge in [0.25, 0.3) is 5.91 Å². The van der Waals surface area contributed by atoms with Gasteiger partial charge in [0, 0.05) is 25.6 Å². The van der Waals surface area contributed by atoms with E-state index in [1.165, 1.54) is 0 Å². The first-order valence-electron chi connectivity index (χ1n) is 8.74. The molecule has 1 unspecified atom stereocenters. The van der Waals surface area contributed by atoms with E-state index >= 15 is 0 Å². The number of nitrogens with one attached hydrogen (secondary N) is 1. The van der Waals surface area contributed by atoms with Crippen LogP contribution in [-0.2, 0) is 19.5 Å². The number of benzene rings is 1. The molecule has 0 radical (unpaired) electrons. The van der Waals surface area contributed by atoms with E-state index in [4.69, 9.17) is 9.47 Å². The van der Waals surface area contributed by atoms with Gasteiger partial charge in [-0.1, -0.05) is 6.92 Å². The third-order valence-electron chi connectivity index (χ3n) is 4.59. The number of hydrogen-bond donors (Lipinski definition) is 1. The fraction of sp³-hybridized carbons (Fsp3) is 0.588. The van der Waals surface area contributed by atoms with Crippen molar-refractivity contribution in [2.24, 2.45) is 5.92 Å². The molecule has 0 saturated carbocycles. The van der Waals surface area contributed by atoms with Crippen LogP contribution in [0, 0.1) is 11.7 Å². The second-order valence-corrected chi connectivity index (χ2v) is 8.17. The van der Waals surface area contributed by atoms with Gasteiger partial charge in [-0.05, 0) is 31.0 Å². The first-order chi connectivity index (χ1) is 12.4. The van der Waals surface area contributed by atoms with Crippen molar-refractivity contribution in [3.05, 3.63) is 29.6 Å². The highest BCUT2D eigenvalue weighted by Crippen LogP contribution is 2.26. The molecule has 0 aromatic heterocycles. The minimum atomic E-state index is -3.77. The molecule has 7 nitrogen and oxygen atoms in total. The number of sulfonamides is 1. The maximum absolute atomic E-state index is 14.2. The molecule has 2 fully saturated rings. The van der Waals surface area contributed by atoms with E-state index in [1.54, 1.807) is 11.8 Å². The van der Waals surface area contributed by atoms with Crippen LogP contribution in [0.4, 0.5) is 4.39 Å². The number of hydrogen-bond acceptors (Lipinski definition) is 5. The van der Waals surface area contributed by atoms with Crippen LogP contribution < -0.4 is 4.72 Å². The van der Waals surface area contributed by atoms with E-state index < -0.39 is 21.7 Å². The van der Waals surface area contributed by atoms with Gasteiger partial charge in [-0.15, -0.1) is 0 Å². The molecule has 2 aliphatic rings. The molecule has 1 aromatic carbocycles. The Bertz CT molecular complexity index is 764. The van der Waals surface area contributed by atoms with Crippen molar-refractivity contribution in [3.8, 4) is 0 Å². The quantitative estimate of drug-likeness (QED) is 0.826. The van der Waals surface area contributed by atoms with Gasteiger partial charge in [-0.3, -0.25) is 4.79 Å². The Kier molecular flexibility index (Phi) is 5.91. The topological polar surface area (TPSA) is 84.9 Å². The number of rotatable bonds is 5. The summed E-state index contributed by atoms with van der Waals surface area (Å²) in [7, 11) is -3.77. The summed E-state index contributed by atoms with van der Waals surface area (Å²) in [5, 5.41) is 0. The zero-order valence-corrected chi connectivity index (χ0v) is 15.4. The van der Waals surface area contributed by atoms with E-state index in [-0.39, 0.29) is 29.2 Å². The second-order valence-electron chi connectivity index (χ2n) is 6.41. The lowest BCUT2D eigenvalue weighted by Gasteiger charge is -2.34. The van der Waals surface area contributed by atoms with Crippen molar-refractivity contribution in [1.29, 1.82) is 0 Å². The van der Waals surface area contributed by atoms with Crippen LogP contribution in [0.2, 0.25) is 0 Å². The van der Waals surface area contributed by atoms with Crippen LogP contribution in [0.15, 0.2) is 23.1 Å². The molecule has 1 N–H and O–H groups in total. The van der Waals surface area contributed by atoms with Crippen molar-refractivity contribution >= 4 is 15.9 Å². The number of halogens is 1. The highest BCUT2D eigenvalue weighted by molar-refractivity contribution is 7.89. The molecule has 9 heteroatoms. The van der Waals surface area contributed by atoms with Crippen LogP contribution in [0.5, 0.6) is 0 Å². The van der Waals surface area contributed by atoms with Gasteiger partial charge in [-0.2, -0.15) is 0 Å². The van der Waals surface area contributed by atoms with Gasteiger partial charge >= 0.3 is 0 Å². The van der Waals surface area contributed by atoms with E-state index in [9.17, 15) is 17.6 Å². The molecule has 2 aliphatic heterocycles. The lowest BCUT2D eigenvalue weighted by Crippen LogP contribution is -2.44. The van der Waals surface area contributed by atoms with Gasteiger partial charge in [0.2, 0.25) is 10.0 Å². The van der Waals surface area contributed by atoms with Crippen LogP contribution in [0.25, 0.3) is 0 Å². The summed E-state index contributed by atoms with van der Waals surface area (Å²) >= 11 is 0. The third kappa shape index (κ3) is 4.06. The monoisotopic (exact) mass is 386 g/mol. The molecule has 1 amide bonds. The predicted octanol–water partition coefficient (Wildman–Crippen LogP) is 1.35. The van der Waals surface area contributed by atoms with Gasteiger partial charge in [-0.25, -0.2) is 17.5 Å². The van der Waals surface area contributed by atoms with E-state index in [2.05, 4.69) is 4.72 Å². The lowest BCUT2D eigenvalue weighted by molar-refractivity contribution is -0.0969. The number of ether oxygens (including phenoxy) is 2. The maximum Gasteiger partial charge on any atom is 0.256 e. The molecule has 0 aliphatic carbocycles. The first-order valence-corrected chi connectivity index (χ1v) is 10.2. The van der Waals surface area contributed by atoms with Crippen LogP contribution in [0.1, 0.15) is 30.1 Å². The van der Waals surface area contributed by atoms with Crippen molar-refractivity contribution in [2.75, 3.05) is 32.8 Å². The number of carbonyl (C=O) groups is 1. The summed E-state index contributed by atoms with van der Waals surface area (Å²) in [6.45, 7) is 3.81. The number of likely N-dealkylation sites (tertiary alicyclic amines) is 1. The normalized spacial score (nSPS) is 21.9. The highest BCUT2D eigenvalue weighted by Gasteiger charge is 2.34. The third-order valence-corrected chi connectivity index (χ3v) is 6.13. The summed E-state index contributed by atoms with van der Waals surface area (Å²) < 4.78 is 51.9. The van der Waals surface area contributed by atoms with Crippen molar-refractivity contribution in [3.63, 3.8) is 0 Å². The summed E-state index contributed by atoms with van der Waals surface area (Å²) in [5.74, 6) is -1.22. The Morgan fingerprint density at radius 1 is 1.35 bits per heavy atom. The van der Waals surface area contributed by atoms with E-state index in [0.29, 0.717) is 26.3 Å². The maximum atomic E-state index is 14.2. The van der Waals surface area contributed by atoms with Gasteiger partial charge in [0.1, 0.15) is 5.82 Å². The molecule has 26 heavy (non-hydrogen) atoms. The molecule has 2 heterocycles. The van der Waals surface area contributed by atoms with Crippen LogP contribution in [-0.4, -0.2) is 58.4 Å². The smallest absolute Gasteiger partial charge is 0.256 e. The summed E-state index contributed by atoms with van der Waals surface area (Å²) in [6, 6.07) is 3.27. The molecule has 2 saturated heterocycles. The molecular formula is C17H23FN2O5S. The molecule has 0 spiro atoms. The van der Waals surface area contributed by atoms with Crippen molar-refractivity contribution in [1.82, 2.24) is 9.62 Å². The Morgan fingerprint density at radius 3 is 2.77 bits per heavy atom. The number of carbonyl (C=O) groups excluding carboxylic acids is 1. The largest absolute Gasteiger partial charge is 0.350 e. The molecule has 1 atom stereocenters. The molecule has 1 aromatic rings. The Morgan fingerprint density at radius 2 is 2.08 bits per heavy atom. The lowest BCUT2D eigenvalue weighted by atomic mass is 9.96. The number of piperidine rings is 1. The van der Waals surface area contributed by atoms with E-state index in [1.807, 2.05) is 0 Å². The molecule has 144 valence electrons. The molecule has 0 bridgehead atoms. The zero-order chi connectivity index (χ0) is 18.7. The fourth-order valence-electron chi connectivity index (χ4n) is 3.34. The Hall–Kier alpha value is -1.55. The Labute approximate surface area is 152 Å². The first kappa shape index (κ1) is 19.2. The van der Waals surface area contributed by atoms with Gasteiger partial charge in [0.15, 0.2) is 6.29 Å². The summed E-state index contributed by atoms with van der Waals surface area (Å²) in [6.07, 6.45) is 1.29. The van der Waals surface area contributed by atoms with Gasteiger partial charge < -0.3 is 14.4 Å². The van der Waals surface area contributed by atoms with Crippen LogP contribution >= 0.6 is 0 Å². The van der Waals surface area contributed by atoms with Gasteiger partial charge in [0.05, 0.1) is 23.7 Å². The van der Waals surface area contributed by atoms with Crippen molar-refractivity contribution in [2.45, 2.75) is 31.0 Å². The standard InChI is InChI=1S/C17H23FN2O5S/c1-2-19-26(22,23)13-5-6-15(18)14(10-13)16(21)20-7-3-4-12(11-20)17-24-8-9-25-17/h5-6,10,12,17,19H,2-4,7-9,11H2,1H3. The minimum absolute atomic E-state index is 0.0342.